The molecule has 18 heavy (non-hydrogen) atoms. The maximum Gasteiger partial charge on any atom is 0.208 e. The fourth-order valence-corrected chi connectivity index (χ4v) is 2.80. The van der Waals surface area contributed by atoms with Crippen LogP contribution in [0.4, 0.5) is 0 Å². The highest BCUT2D eigenvalue weighted by Gasteiger charge is 2.37. The molecule has 3 heteroatoms. The molecule has 1 aromatic heterocycles. The van der Waals surface area contributed by atoms with Crippen molar-refractivity contribution in [2.75, 3.05) is 0 Å². The number of aromatic nitrogens is 1. The summed E-state index contributed by atoms with van der Waals surface area (Å²) in [7, 11) is 0. The van der Waals surface area contributed by atoms with E-state index in [1.54, 1.807) is 0 Å². The molecule has 0 saturated heterocycles. The predicted molar refractivity (Wildman–Crippen MR) is 73.5 cm³/mol. The monoisotopic (exact) mass is 250 g/mol. The molecule has 1 aliphatic rings. The van der Waals surface area contributed by atoms with E-state index < -0.39 is 0 Å². The molecule has 1 N–H and O–H groups in total. The van der Waals surface area contributed by atoms with Gasteiger partial charge in [-0.25, -0.2) is 4.98 Å². The van der Waals surface area contributed by atoms with Crippen LogP contribution >= 0.6 is 0 Å². The molecular weight excluding hydrogens is 224 g/mol. The van der Waals surface area contributed by atoms with Gasteiger partial charge < -0.3 is 9.73 Å². The van der Waals surface area contributed by atoms with Crippen LogP contribution in [0.25, 0.3) is 0 Å². The molecule has 102 valence electrons. The van der Waals surface area contributed by atoms with E-state index >= 15 is 0 Å². The zero-order valence-electron chi connectivity index (χ0n) is 12.2. The van der Waals surface area contributed by atoms with E-state index in [2.05, 4.69) is 38.0 Å². The summed E-state index contributed by atoms with van der Waals surface area (Å²) < 4.78 is 5.98. The summed E-state index contributed by atoms with van der Waals surface area (Å²) in [6, 6.07) is 0. The lowest BCUT2D eigenvalue weighted by Gasteiger charge is -2.24. The van der Waals surface area contributed by atoms with Crippen molar-refractivity contribution >= 4 is 0 Å². The molecule has 0 spiro atoms. The third-order valence-electron chi connectivity index (χ3n) is 4.08. The second-order valence-electron chi connectivity index (χ2n) is 6.56. The molecule has 0 unspecified atom stereocenters. The molecule has 0 radical (unpaired) electrons. The van der Waals surface area contributed by atoms with Gasteiger partial charge in [-0.05, 0) is 40.0 Å². The van der Waals surface area contributed by atoms with Crippen LogP contribution < -0.4 is 5.32 Å². The van der Waals surface area contributed by atoms with Gasteiger partial charge in [0, 0.05) is 11.0 Å². The first-order chi connectivity index (χ1) is 8.45. The van der Waals surface area contributed by atoms with Crippen molar-refractivity contribution < 1.29 is 4.42 Å². The van der Waals surface area contributed by atoms with Crippen LogP contribution in [0.1, 0.15) is 71.5 Å². The molecule has 1 saturated carbocycles. The van der Waals surface area contributed by atoms with Gasteiger partial charge in [0.1, 0.15) is 5.76 Å². The molecule has 0 amide bonds. The molecule has 0 atom stereocenters. The summed E-state index contributed by atoms with van der Waals surface area (Å²) in [5.41, 5.74) is 0.372. The highest BCUT2D eigenvalue weighted by molar-refractivity contribution is 5.13. The summed E-state index contributed by atoms with van der Waals surface area (Å²) in [4.78, 5) is 4.43. The standard InChI is InChI=1S/C15H26N2O/c1-5-15(8-6-7-9-15)12-10-16-13(18-12)11-17-14(2,3)4/h10,17H,5-9,11H2,1-4H3. The quantitative estimate of drug-likeness (QED) is 0.883. The Morgan fingerprint density at radius 3 is 2.56 bits per heavy atom. The van der Waals surface area contributed by atoms with Crippen molar-refractivity contribution in [2.45, 2.75) is 77.3 Å². The Bertz CT molecular complexity index is 383. The van der Waals surface area contributed by atoms with Gasteiger partial charge in [-0.15, -0.1) is 0 Å². The van der Waals surface area contributed by atoms with Gasteiger partial charge in [-0.3, -0.25) is 0 Å². The average Bonchev–Trinajstić information content (AvgIpc) is 2.95. The SMILES string of the molecule is CCC1(c2cnc(CNC(C)(C)C)o2)CCCC1. The number of nitrogens with zero attached hydrogens (tertiary/aromatic N) is 1. The maximum atomic E-state index is 5.98. The number of hydrogen-bond donors (Lipinski definition) is 1. The Kier molecular flexibility index (Phi) is 3.81. The molecular formula is C15H26N2O. The second kappa shape index (κ2) is 5.04. The van der Waals surface area contributed by atoms with Gasteiger partial charge in [0.25, 0.3) is 0 Å². The average molecular weight is 250 g/mol. The Morgan fingerprint density at radius 1 is 1.33 bits per heavy atom. The second-order valence-corrected chi connectivity index (χ2v) is 6.56. The van der Waals surface area contributed by atoms with Crippen molar-refractivity contribution in [1.82, 2.24) is 10.3 Å². The van der Waals surface area contributed by atoms with E-state index in [1.165, 1.54) is 25.7 Å². The van der Waals surface area contributed by atoms with E-state index in [9.17, 15) is 0 Å². The third kappa shape index (κ3) is 2.94. The molecule has 0 bridgehead atoms. The van der Waals surface area contributed by atoms with Crippen LogP contribution in [-0.2, 0) is 12.0 Å². The fraction of sp³-hybridized carbons (Fsp3) is 0.800. The summed E-state index contributed by atoms with van der Waals surface area (Å²) in [6.07, 6.45) is 8.27. The largest absolute Gasteiger partial charge is 0.444 e. The minimum Gasteiger partial charge on any atom is -0.444 e. The number of hydrogen-bond acceptors (Lipinski definition) is 3. The van der Waals surface area contributed by atoms with Crippen LogP contribution in [0.2, 0.25) is 0 Å². The van der Waals surface area contributed by atoms with Crippen molar-refractivity contribution in [3.63, 3.8) is 0 Å². The molecule has 1 aromatic rings. The Morgan fingerprint density at radius 2 is 2.00 bits per heavy atom. The molecule has 1 heterocycles. The smallest absolute Gasteiger partial charge is 0.208 e. The van der Waals surface area contributed by atoms with Gasteiger partial charge in [0.15, 0.2) is 0 Å². The first-order valence-electron chi connectivity index (χ1n) is 7.15. The van der Waals surface area contributed by atoms with Gasteiger partial charge in [0.05, 0.1) is 12.7 Å². The highest BCUT2D eigenvalue weighted by Crippen LogP contribution is 2.43. The number of nitrogens with one attached hydrogen (secondary N) is 1. The fourth-order valence-electron chi connectivity index (χ4n) is 2.80. The first kappa shape index (κ1) is 13.6. The highest BCUT2D eigenvalue weighted by atomic mass is 16.4. The van der Waals surface area contributed by atoms with Crippen LogP contribution in [0, 0.1) is 0 Å². The first-order valence-corrected chi connectivity index (χ1v) is 7.15. The van der Waals surface area contributed by atoms with E-state index in [0.29, 0.717) is 6.54 Å². The molecule has 0 aliphatic heterocycles. The lowest BCUT2D eigenvalue weighted by molar-refractivity contribution is 0.304. The summed E-state index contributed by atoms with van der Waals surface area (Å²) >= 11 is 0. The van der Waals surface area contributed by atoms with Crippen LogP contribution in [0.15, 0.2) is 10.6 Å². The Labute approximate surface area is 110 Å². The molecule has 2 rings (SSSR count). The van der Waals surface area contributed by atoms with Gasteiger partial charge in [-0.2, -0.15) is 0 Å². The van der Waals surface area contributed by atoms with Crippen LogP contribution in [0.5, 0.6) is 0 Å². The zero-order chi connectivity index (χ0) is 13.2. The third-order valence-corrected chi connectivity index (χ3v) is 4.08. The summed E-state index contributed by atoms with van der Waals surface area (Å²) in [6.45, 7) is 9.44. The minimum atomic E-state index is 0.102. The van der Waals surface area contributed by atoms with Gasteiger partial charge >= 0.3 is 0 Å². The van der Waals surface area contributed by atoms with Crippen LogP contribution in [0.3, 0.4) is 0 Å². The summed E-state index contributed by atoms with van der Waals surface area (Å²) in [5.74, 6) is 1.92. The number of oxazole rings is 1. The van der Waals surface area contributed by atoms with Gasteiger partial charge in [0.2, 0.25) is 5.89 Å². The normalized spacial score (nSPS) is 19.3. The molecule has 1 aliphatic carbocycles. The maximum absolute atomic E-state index is 5.98. The lowest BCUT2D eigenvalue weighted by atomic mass is 9.81. The zero-order valence-corrected chi connectivity index (χ0v) is 12.2. The lowest BCUT2D eigenvalue weighted by Crippen LogP contribution is -2.35. The van der Waals surface area contributed by atoms with E-state index in [-0.39, 0.29) is 11.0 Å². The van der Waals surface area contributed by atoms with Gasteiger partial charge in [-0.1, -0.05) is 19.8 Å². The van der Waals surface area contributed by atoms with Crippen molar-refractivity contribution in [3.05, 3.63) is 17.8 Å². The molecule has 1 fully saturated rings. The van der Waals surface area contributed by atoms with E-state index in [0.717, 1.165) is 18.1 Å². The Balaban J connectivity index is 2.05. The molecule has 3 nitrogen and oxygen atoms in total. The minimum absolute atomic E-state index is 0.102. The van der Waals surface area contributed by atoms with E-state index in [1.807, 2.05) is 6.20 Å². The Hall–Kier alpha value is -0.830. The predicted octanol–water partition coefficient (Wildman–Crippen LogP) is 3.78. The van der Waals surface area contributed by atoms with Crippen molar-refractivity contribution in [1.29, 1.82) is 0 Å². The van der Waals surface area contributed by atoms with Crippen molar-refractivity contribution in [2.24, 2.45) is 0 Å². The van der Waals surface area contributed by atoms with E-state index in [4.69, 9.17) is 4.42 Å². The molecule has 0 aromatic carbocycles. The van der Waals surface area contributed by atoms with Crippen LogP contribution in [-0.4, -0.2) is 10.5 Å². The topological polar surface area (TPSA) is 38.1 Å². The van der Waals surface area contributed by atoms with Crippen molar-refractivity contribution in [3.8, 4) is 0 Å². The number of rotatable bonds is 4. The summed E-state index contributed by atoms with van der Waals surface area (Å²) in [5, 5.41) is 3.42.